The summed E-state index contributed by atoms with van der Waals surface area (Å²) in [4.78, 5) is 0.0459. The number of sulfonamides is 1. The molecule has 0 aromatic heterocycles. The molecule has 0 bridgehead atoms. The number of halogens is 1. The second kappa shape index (κ2) is 4.65. The molecular weight excluding hydrogens is 298 g/mol. The van der Waals surface area contributed by atoms with Crippen molar-refractivity contribution in [1.82, 2.24) is 4.72 Å². The summed E-state index contributed by atoms with van der Waals surface area (Å²) in [5.74, 6) is -0.250. The topological polar surface area (TPSA) is 80.3 Å². The Morgan fingerprint density at radius 1 is 1.22 bits per heavy atom. The maximum atomic E-state index is 11.9. The highest BCUT2D eigenvalue weighted by atomic mass is 35.5. The number of sulfone groups is 1. The third-order valence-corrected chi connectivity index (χ3v) is 5.51. The van der Waals surface area contributed by atoms with E-state index in [0.717, 1.165) is 5.41 Å². The normalized spacial score (nSPS) is 22.2. The Bertz CT molecular complexity index is 677. The molecule has 18 heavy (non-hydrogen) atoms. The van der Waals surface area contributed by atoms with Gasteiger partial charge in [0.1, 0.15) is 0 Å². The highest BCUT2D eigenvalue weighted by Crippen LogP contribution is 2.16. The molecule has 0 unspecified atom stereocenters. The summed E-state index contributed by atoms with van der Waals surface area (Å²) in [6.07, 6.45) is 1.32. The third kappa shape index (κ3) is 3.11. The largest absolute Gasteiger partial charge is 0.241 e. The van der Waals surface area contributed by atoms with Crippen LogP contribution in [0.1, 0.15) is 0 Å². The first-order chi connectivity index (χ1) is 8.28. The van der Waals surface area contributed by atoms with Crippen molar-refractivity contribution in [1.29, 1.82) is 0 Å². The van der Waals surface area contributed by atoms with Crippen molar-refractivity contribution < 1.29 is 16.8 Å². The molecule has 2 rings (SSSR count). The van der Waals surface area contributed by atoms with Gasteiger partial charge in [-0.25, -0.2) is 21.6 Å². The molecule has 0 amide bonds. The van der Waals surface area contributed by atoms with Gasteiger partial charge in [-0.05, 0) is 24.3 Å². The van der Waals surface area contributed by atoms with E-state index in [2.05, 4.69) is 4.72 Å². The number of rotatable bonds is 3. The first-order valence-electron chi connectivity index (χ1n) is 4.97. The summed E-state index contributed by atoms with van der Waals surface area (Å²) in [7, 11) is -7.02. The van der Waals surface area contributed by atoms with Crippen LogP contribution in [0.25, 0.3) is 0 Å². The van der Waals surface area contributed by atoms with Crippen molar-refractivity contribution >= 4 is 31.5 Å². The van der Waals surface area contributed by atoms with Gasteiger partial charge in [-0.1, -0.05) is 17.7 Å². The molecule has 0 saturated carbocycles. The first-order valence-corrected chi connectivity index (χ1v) is 8.55. The molecule has 0 saturated heterocycles. The summed E-state index contributed by atoms with van der Waals surface area (Å²) in [6, 6.07) is 4.90. The number of hydrogen-bond acceptors (Lipinski definition) is 4. The van der Waals surface area contributed by atoms with Gasteiger partial charge in [0.05, 0.1) is 16.7 Å². The fourth-order valence-corrected chi connectivity index (χ4v) is 4.19. The monoisotopic (exact) mass is 307 g/mol. The Labute approximate surface area is 110 Å². The van der Waals surface area contributed by atoms with E-state index in [4.69, 9.17) is 11.6 Å². The molecule has 0 radical (unpaired) electrons. The van der Waals surface area contributed by atoms with Gasteiger partial charge in [0.25, 0.3) is 0 Å². The van der Waals surface area contributed by atoms with E-state index < -0.39 is 25.9 Å². The van der Waals surface area contributed by atoms with Crippen LogP contribution in [0.2, 0.25) is 5.02 Å². The smallest absolute Gasteiger partial charge is 0.224 e. The molecule has 0 spiro atoms. The van der Waals surface area contributed by atoms with Gasteiger partial charge < -0.3 is 0 Å². The van der Waals surface area contributed by atoms with Crippen molar-refractivity contribution in [3.8, 4) is 0 Å². The van der Waals surface area contributed by atoms with Crippen LogP contribution in [0.3, 0.4) is 0 Å². The van der Waals surface area contributed by atoms with Crippen LogP contribution in [-0.2, 0) is 19.9 Å². The molecule has 0 aliphatic carbocycles. The Morgan fingerprint density at radius 2 is 1.83 bits per heavy atom. The molecule has 1 aliphatic rings. The lowest BCUT2D eigenvalue weighted by atomic mass is 10.4. The van der Waals surface area contributed by atoms with Crippen LogP contribution < -0.4 is 4.72 Å². The summed E-state index contributed by atoms with van der Waals surface area (Å²) >= 11 is 5.66. The summed E-state index contributed by atoms with van der Waals surface area (Å²) in [5.41, 5.74) is 0. The molecule has 1 aliphatic heterocycles. The van der Waals surface area contributed by atoms with Crippen LogP contribution in [0.4, 0.5) is 0 Å². The van der Waals surface area contributed by atoms with Gasteiger partial charge in [0.15, 0.2) is 9.84 Å². The molecular formula is C10H10ClNO4S2. The zero-order chi connectivity index (χ0) is 13.4. The van der Waals surface area contributed by atoms with Crippen LogP contribution in [0, 0.1) is 0 Å². The Kier molecular flexibility index (Phi) is 3.50. The van der Waals surface area contributed by atoms with Crippen LogP contribution in [0.15, 0.2) is 40.6 Å². The van der Waals surface area contributed by atoms with Gasteiger partial charge in [-0.2, -0.15) is 0 Å². The van der Waals surface area contributed by atoms with E-state index in [0.29, 0.717) is 5.02 Å². The van der Waals surface area contributed by atoms with E-state index in [1.807, 2.05) is 0 Å². The van der Waals surface area contributed by atoms with Gasteiger partial charge in [0, 0.05) is 10.4 Å². The lowest BCUT2D eigenvalue weighted by molar-refractivity contribution is 0.575. The first kappa shape index (κ1) is 13.5. The minimum Gasteiger partial charge on any atom is -0.224 e. The molecule has 1 N–H and O–H groups in total. The minimum atomic E-state index is -3.73. The van der Waals surface area contributed by atoms with Crippen molar-refractivity contribution in [2.24, 2.45) is 0 Å². The van der Waals surface area contributed by atoms with Gasteiger partial charge in [-0.15, -0.1) is 0 Å². The van der Waals surface area contributed by atoms with Crippen LogP contribution >= 0.6 is 11.6 Å². The predicted octanol–water partition coefficient (Wildman–Crippen LogP) is 0.929. The maximum absolute atomic E-state index is 11.9. The Morgan fingerprint density at radius 3 is 2.33 bits per heavy atom. The second-order valence-electron chi connectivity index (χ2n) is 3.84. The highest BCUT2D eigenvalue weighted by Gasteiger charge is 2.26. The van der Waals surface area contributed by atoms with Crippen molar-refractivity contribution in [2.45, 2.75) is 10.9 Å². The molecule has 5 nitrogen and oxygen atoms in total. The molecule has 1 heterocycles. The number of hydrogen-bond donors (Lipinski definition) is 1. The minimum absolute atomic E-state index is 0.0459. The van der Waals surface area contributed by atoms with E-state index in [1.165, 1.54) is 30.3 Å². The van der Waals surface area contributed by atoms with Crippen molar-refractivity contribution in [3.63, 3.8) is 0 Å². The predicted molar refractivity (Wildman–Crippen MR) is 68.5 cm³/mol. The third-order valence-electron chi connectivity index (χ3n) is 2.36. The van der Waals surface area contributed by atoms with Crippen molar-refractivity contribution in [3.05, 3.63) is 40.8 Å². The van der Waals surface area contributed by atoms with Gasteiger partial charge in [0.2, 0.25) is 10.0 Å². The maximum Gasteiger partial charge on any atom is 0.241 e. The van der Waals surface area contributed by atoms with E-state index in [-0.39, 0.29) is 10.6 Å². The summed E-state index contributed by atoms with van der Waals surface area (Å²) in [6.45, 7) is 0. The second-order valence-corrected chi connectivity index (χ2v) is 7.92. The van der Waals surface area contributed by atoms with E-state index in [9.17, 15) is 16.8 Å². The fourth-order valence-electron chi connectivity index (χ4n) is 1.53. The van der Waals surface area contributed by atoms with Gasteiger partial charge >= 0.3 is 0 Å². The standard InChI is InChI=1S/C10H10ClNO4S2/c11-8-1-3-10(4-2-8)18(15,16)12-9-5-6-17(13,14)7-9/h1-6,9,12H,7H2/t9-/m0/s1. The van der Waals surface area contributed by atoms with E-state index >= 15 is 0 Å². The Hall–Kier alpha value is -0.890. The van der Waals surface area contributed by atoms with Crippen molar-refractivity contribution in [2.75, 3.05) is 5.75 Å². The van der Waals surface area contributed by atoms with Crippen LogP contribution in [0.5, 0.6) is 0 Å². The summed E-state index contributed by atoms with van der Waals surface area (Å²) < 4.78 is 48.5. The van der Waals surface area contributed by atoms with Gasteiger partial charge in [-0.3, -0.25) is 0 Å². The average molecular weight is 308 g/mol. The van der Waals surface area contributed by atoms with E-state index in [1.54, 1.807) is 0 Å². The highest BCUT2D eigenvalue weighted by molar-refractivity contribution is 7.94. The Balaban J connectivity index is 2.19. The zero-order valence-electron chi connectivity index (χ0n) is 9.08. The molecule has 1 atom stereocenters. The fraction of sp³-hybridized carbons (Fsp3) is 0.200. The molecule has 8 heteroatoms. The zero-order valence-corrected chi connectivity index (χ0v) is 11.5. The summed E-state index contributed by atoms with van der Waals surface area (Å²) in [5, 5.41) is 1.44. The lowest BCUT2D eigenvalue weighted by Gasteiger charge is -2.10. The lowest BCUT2D eigenvalue weighted by Crippen LogP contribution is -2.35. The average Bonchev–Trinajstić information content (AvgIpc) is 2.57. The molecule has 0 fully saturated rings. The number of nitrogens with one attached hydrogen (secondary N) is 1. The molecule has 1 aromatic carbocycles. The number of benzene rings is 1. The quantitative estimate of drug-likeness (QED) is 0.901. The SMILES string of the molecule is O=S1(=O)C=C[C@H](NS(=O)(=O)c2ccc(Cl)cc2)C1. The molecule has 1 aromatic rings. The van der Waals surface area contributed by atoms with Crippen LogP contribution in [-0.4, -0.2) is 28.6 Å². The molecule has 98 valence electrons.